The Bertz CT molecular complexity index is 821. The van der Waals surface area contributed by atoms with E-state index in [0.717, 1.165) is 28.0 Å². The summed E-state index contributed by atoms with van der Waals surface area (Å²) in [4.78, 5) is 4.66. The summed E-state index contributed by atoms with van der Waals surface area (Å²) < 4.78 is 5.77. The number of nitrogens with zero attached hydrogens (tertiary/aromatic N) is 1. The van der Waals surface area contributed by atoms with Gasteiger partial charge in [-0.05, 0) is 42.3 Å². The van der Waals surface area contributed by atoms with Crippen LogP contribution in [0, 0.1) is 6.92 Å². The number of ether oxygens (including phenoxy) is 1. The lowest BCUT2D eigenvalue weighted by Crippen LogP contribution is -1.97. The lowest BCUT2D eigenvalue weighted by atomic mass is 10.0. The van der Waals surface area contributed by atoms with Gasteiger partial charge in [0.25, 0.3) is 0 Å². The van der Waals surface area contributed by atoms with Crippen LogP contribution in [0.25, 0.3) is 10.8 Å². The average molecular weight is 289 g/mol. The van der Waals surface area contributed by atoms with Crippen LogP contribution in [0.2, 0.25) is 0 Å². The first kappa shape index (κ1) is 14.3. The number of para-hydroxylation sites is 1. The SMILES string of the molecule is CCOc1ccc2ccccc2c1/C=N/c1ccccc1C. The highest BCUT2D eigenvalue weighted by atomic mass is 16.5. The summed E-state index contributed by atoms with van der Waals surface area (Å²) in [5.74, 6) is 0.874. The predicted molar refractivity (Wildman–Crippen MR) is 93.6 cm³/mol. The van der Waals surface area contributed by atoms with E-state index in [2.05, 4.69) is 36.2 Å². The Morgan fingerprint density at radius 3 is 2.55 bits per heavy atom. The number of aliphatic imine (C=N–C) groups is 1. The van der Waals surface area contributed by atoms with Crippen molar-refractivity contribution in [2.24, 2.45) is 4.99 Å². The third kappa shape index (κ3) is 2.86. The fourth-order valence-electron chi connectivity index (χ4n) is 2.53. The van der Waals surface area contributed by atoms with E-state index in [4.69, 9.17) is 4.74 Å². The minimum atomic E-state index is 0.642. The van der Waals surface area contributed by atoms with E-state index < -0.39 is 0 Å². The Labute approximate surface area is 131 Å². The van der Waals surface area contributed by atoms with Crippen LogP contribution in [0.5, 0.6) is 5.75 Å². The molecule has 2 nitrogen and oxygen atoms in total. The monoisotopic (exact) mass is 289 g/mol. The van der Waals surface area contributed by atoms with Crippen LogP contribution < -0.4 is 4.74 Å². The van der Waals surface area contributed by atoms with E-state index in [1.165, 1.54) is 5.39 Å². The summed E-state index contributed by atoms with van der Waals surface area (Å²) in [6.45, 7) is 4.71. The molecule has 0 aliphatic rings. The average Bonchev–Trinajstić information content (AvgIpc) is 2.55. The lowest BCUT2D eigenvalue weighted by Gasteiger charge is -2.10. The largest absolute Gasteiger partial charge is 0.493 e. The van der Waals surface area contributed by atoms with Crippen molar-refractivity contribution in [2.45, 2.75) is 13.8 Å². The Balaban J connectivity index is 2.11. The van der Waals surface area contributed by atoms with E-state index in [1.54, 1.807) is 0 Å². The summed E-state index contributed by atoms with van der Waals surface area (Å²) in [5, 5.41) is 2.35. The second kappa shape index (κ2) is 6.44. The molecule has 0 N–H and O–H groups in total. The Hall–Kier alpha value is -2.61. The first-order chi connectivity index (χ1) is 10.8. The van der Waals surface area contributed by atoms with Crippen LogP contribution in [0.3, 0.4) is 0 Å². The van der Waals surface area contributed by atoms with Crippen LogP contribution in [0.4, 0.5) is 5.69 Å². The summed E-state index contributed by atoms with van der Waals surface area (Å²) in [7, 11) is 0. The van der Waals surface area contributed by atoms with Gasteiger partial charge in [0, 0.05) is 11.8 Å². The van der Waals surface area contributed by atoms with Crippen molar-refractivity contribution in [3.63, 3.8) is 0 Å². The summed E-state index contributed by atoms with van der Waals surface area (Å²) in [6, 6.07) is 20.5. The van der Waals surface area contributed by atoms with Gasteiger partial charge in [0.05, 0.1) is 12.3 Å². The Morgan fingerprint density at radius 2 is 1.73 bits per heavy atom. The van der Waals surface area contributed by atoms with Crippen molar-refractivity contribution in [3.05, 3.63) is 71.8 Å². The second-order valence-corrected chi connectivity index (χ2v) is 5.18. The molecule has 0 heterocycles. The number of hydrogen-bond acceptors (Lipinski definition) is 2. The second-order valence-electron chi connectivity index (χ2n) is 5.18. The number of benzene rings is 3. The van der Waals surface area contributed by atoms with Gasteiger partial charge >= 0.3 is 0 Å². The maximum absolute atomic E-state index is 5.77. The van der Waals surface area contributed by atoms with E-state index in [0.29, 0.717) is 6.61 Å². The van der Waals surface area contributed by atoms with E-state index in [9.17, 15) is 0 Å². The molecule has 0 bridgehead atoms. The van der Waals surface area contributed by atoms with Gasteiger partial charge in [-0.3, -0.25) is 4.99 Å². The molecular formula is C20H19NO. The first-order valence-corrected chi connectivity index (χ1v) is 7.54. The van der Waals surface area contributed by atoms with Crippen molar-refractivity contribution >= 4 is 22.7 Å². The molecule has 0 aromatic heterocycles. The van der Waals surface area contributed by atoms with Crippen molar-refractivity contribution < 1.29 is 4.74 Å². The van der Waals surface area contributed by atoms with Crippen molar-refractivity contribution in [3.8, 4) is 5.75 Å². The minimum absolute atomic E-state index is 0.642. The molecule has 0 amide bonds. The van der Waals surface area contributed by atoms with Gasteiger partial charge in [-0.1, -0.05) is 48.5 Å². The van der Waals surface area contributed by atoms with Crippen molar-refractivity contribution in [2.75, 3.05) is 6.61 Å². The normalized spacial score (nSPS) is 11.2. The maximum atomic E-state index is 5.77. The molecule has 0 saturated carbocycles. The molecular weight excluding hydrogens is 270 g/mol. The van der Waals surface area contributed by atoms with Gasteiger partial charge in [0.2, 0.25) is 0 Å². The summed E-state index contributed by atoms with van der Waals surface area (Å²) >= 11 is 0. The fourth-order valence-corrected chi connectivity index (χ4v) is 2.53. The van der Waals surface area contributed by atoms with Gasteiger partial charge in [0.15, 0.2) is 0 Å². The highest BCUT2D eigenvalue weighted by Crippen LogP contribution is 2.28. The molecule has 3 aromatic rings. The minimum Gasteiger partial charge on any atom is -0.493 e. The topological polar surface area (TPSA) is 21.6 Å². The summed E-state index contributed by atoms with van der Waals surface area (Å²) in [6.07, 6.45) is 1.91. The lowest BCUT2D eigenvalue weighted by molar-refractivity contribution is 0.340. The zero-order chi connectivity index (χ0) is 15.4. The van der Waals surface area contributed by atoms with Gasteiger partial charge < -0.3 is 4.74 Å². The fraction of sp³-hybridized carbons (Fsp3) is 0.150. The third-order valence-electron chi connectivity index (χ3n) is 3.68. The van der Waals surface area contributed by atoms with Crippen LogP contribution in [-0.2, 0) is 0 Å². The van der Waals surface area contributed by atoms with Crippen LogP contribution in [0.15, 0.2) is 65.7 Å². The number of fused-ring (bicyclic) bond motifs is 1. The Kier molecular flexibility index (Phi) is 4.19. The highest BCUT2D eigenvalue weighted by Gasteiger charge is 2.06. The first-order valence-electron chi connectivity index (χ1n) is 7.54. The zero-order valence-corrected chi connectivity index (χ0v) is 12.9. The van der Waals surface area contributed by atoms with E-state index in [1.807, 2.05) is 49.5 Å². The molecule has 110 valence electrons. The molecule has 0 spiro atoms. The van der Waals surface area contributed by atoms with Gasteiger partial charge in [0.1, 0.15) is 5.75 Å². The molecule has 0 atom stereocenters. The molecule has 0 saturated heterocycles. The molecule has 0 fully saturated rings. The number of aryl methyl sites for hydroxylation is 1. The summed E-state index contributed by atoms with van der Waals surface area (Å²) in [5.41, 5.74) is 3.18. The quantitative estimate of drug-likeness (QED) is 0.597. The van der Waals surface area contributed by atoms with E-state index >= 15 is 0 Å². The highest BCUT2D eigenvalue weighted by molar-refractivity contribution is 6.03. The third-order valence-corrected chi connectivity index (χ3v) is 3.68. The molecule has 0 unspecified atom stereocenters. The Morgan fingerprint density at radius 1 is 0.955 bits per heavy atom. The molecule has 22 heavy (non-hydrogen) atoms. The molecule has 2 heteroatoms. The van der Waals surface area contributed by atoms with Gasteiger partial charge in [-0.2, -0.15) is 0 Å². The standard InChI is InChI=1S/C20H19NO/c1-3-22-20-13-12-16-9-5-6-10-17(16)18(20)14-21-19-11-7-4-8-15(19)2/h4-14H,3H2,1-2H3/b21-14+. The van der Waals surface area contributed by atoms with Crippen molar-refractivity contribution in [1.82, 2.24) is 0 Å². The number of rotatable bonds is 4. The zero-order valence-electron chi connectivity index (χ0n) is 12.9. The van der Waals surface area contributed by atoms with Crippen LogP contribution >= 0.6 is 0 Å². The molecule has 0 aliphatic heterocycles. The van der Waals surface area contributed by atoms with Crippen LogP contribution in [-0.4, -0.2) is 12.8 Å². The van der Waals surface area contributed by atoms with Gasteiger partial charge in [-0.15, -0.1) is 0 Å². The molecule has 0 aliphatic carbocycles. The molecule has 3 aromatic carbocycles. The molecule has 0 radical (unpaired) electrons. The van der Waals surface area contributed by atoms with Gasteiger partial charge in [-0.25, -0.2) is 0 Å². The molecule has 3 rings (SSSR count). The smallest absolute Gasteiger partial charge is 0.128 e. The predicted octanol–water partition coefficient (Wildman–Crippen LogP) is 5.30. The number of hydrogen-bond donors (Lipinski definition) is 0. The maximum Gasteiger partial charge on any atom is 0.128 e. The van der Waals surface area contributed by atoms with E-state index in [-0.39, 0.29) is 0 Å². The van der Waals surface area contributed by atoms with Crippen LogP contribution in [0.1, 0.15) is 18.1 Å². The van der Waals surface area contributed by atoms with Crippen molar-refractivity contribution in [1.29, 1.82) is 0 Å².